The maximum Gasteiger partial charge on any atom is 0.262 e. The lowest BCUT2D eigenvalue weighted by Crippen LogP contribution is -2.16. The van der Waals surface area contributed by atoms with Gasteiger partial charge in [-0.2, -0.15) is 0 Å². The fourth-order valence-electron chi connectivity index (χ4n) is 2.46. The number of methoxy groups -OCH3 is 2. The van der Waals surface area contributed by atoms with E-state index in [0.717, 1.165) is 12.8 Å². The zero-order chi connectivity index (χ0) is 18.7. The number of carbonyl (C=O) groups is 1. The van der Waals surface area contributed by atoms with Crippen LogP contribution in [0.25, 0.3) is 0 Å². The number of nitrogens with one attached hydrogen (secondary N) is 2. The van der Waals surface area contributed by atoms with Gasteiger partial charge >= 0.3 is 0 Å². The van der Waals surface area contributed by atoms with Crippen molar-refractivity contribution in [2.45, 2.75) is 17.7 Å². The summed E-state index contributed by atoms with van der Waals surface area (Å²) in [6.45, 7) is 0. The van der Waals surface area contributed by atoms with Crippen molar-refractivity contribution >= 4 is 27.3 Å². The van der Waals surface area contributed by atoms with Crippen molar-refractivity contribution in [1.82, 2.24) is 0 Å². The molecular formula is C18H20N2O5S. The predicted octanol–water partition coefficient (Wildman–Crippen LogP) is 2.85. The Labute approximate surface area is 152 Å². The molecule has 0 heterocycles. The first-order valence-electron chi connectivity index (χ1n) is 8.09. The molecule has 0 saturated heterocycles. The summed E-state index contributed by atoms with van der Waals surface area (Å²) in [6.07, 6.45) is 1.70. The van der Waals surface area contributed by atoms with Crippen LogP contribution in [0.2, 0.25) is 0 Å². The number of amides is 1. The number of benzene rings is 2. The number of para-hydroxylation sites is 2. The Bertz CT molecular complexity index is 923. The second-order valence-corrected chi connectivity index (χ2v) is 7.61. The number of rotatable bonds is 7. The van der Waals surface area contributed by atoms with Crippen LogP contribution in [-0.4, -0.2) is 28.5 Å². The first-order chi connectivity index (χ1) is 12.4. The molecule has 0 aromatic heterocycles. The van der Waals surface area contributed by atoms with Crippen LogP contribution in [0.5, 0.6) is 11.5 Å². The molecule has 0 atom stereocenters. The van der Waals surface area contributed by atoms with Crippen molar-refractivity contribution in [1.29, 1.82) is 0 Å². The van der Waals surface area contributed by atoms with Gasteiger partial charge in [0, 0.05) is 5.92 Å². The SMILES string of the molecule is COc1ccc(S(=O)(=O)Nc2ccccc2OC)cc1NC(=O)C1CC1. The third-order valence-corrected chi connectivity index (χ3v) is 5.40. The van der Waals surface area contributed by atoms with Crippen LogP contribution < -0.4 is 19.5 Å². The molecule has 0 bridgehead atoms. The molecule has 0 unspecified atom stereocenters. The number of hydrogen-bond acceptors (Lipinski definition) is 5. The molecule has 8 heteroatoms. The summed E-state index contributed by atoms with van der Waals surface area (Å²) in [5.41, 5.74) is 0.654. The van der Waals surface area contributed by atoms with E-state index in [0.29, 0.717) is 22.9 Å². The monoisotopic (exact) mass is 376 g/mol. The van der Waals surface area contributed by atoms with E-state index in [9.17, 15) is 13.2 Å². The van der Waals surface area contributed by atoms with Crippen molar-refractivity contribution in [3.8, 4) is 11.5 Å². The van der Waals surface area contributed by atoms with Gasteiger partial charge in [0.1, 0.15) is 11.5 Å². The highest BCUT2D eigenvalue weighted by Crippen LogP contribution is 2.34. The van der Waals surface area contributed by atoms with Gasteiger partial charge in [0.25, 0.3) is 10.0 Å². The lowest BCUT2D eigenvalue weighted by Gasteiger charge is -2.14. The van der Waals surface area contributed by atoms with Crippen molar-refractivity contribution in [3.05, 3.63) is 42.5 Å². The molecule has 138 valence electrons. The van der Waals surface area contributed by atoms with Crippen LogP contribution in [-0.2, 0) is 14.8 Å². The number of sulfonamides is 1. The van der Waals surface area contributed by atoms with Gasteiger partial charge in [0.2, 0.25) is 5.91 Å². The Balaban J connectivity index is 1.90. The molecule has 1 aliphatic rings. The van der Waals surface area contributed by atoms with Crippen LogP contribution in [0.4, 0.5) is 11.4 Å². The summed E-state index contributed by atoms with van der Waals surface area (Å²) < 4.78 is 38.4. The molecule has 0 spiro atoms. The largest absolute Gasteiger partial charge is 0.495 e. The van der Waals surface area contributed by atoms with Crippen molar-refractivity contribution < 1.29 is 22.7 Å². The van der Waals surface area contributed by atoms with Crippen LogP contribution in [0.1, 0.15) is 12.8 Å². The van der Waals surface area contributed by atoms with Crippen LogP contribution in [0.15, 0.2) is 47.4 Å². The Morgan fingerprint density at radius 2 is 1.65 bits per heavy atom. The van der Waals surface area contributed by atoms with E-state index < -0.39 is 10.0 Å². The second kappa shape index (κ2) is 7.25. The quantitative estimate of drug-likeness (QED) is 0.775. The van der Waals surface area contributed by atoms with Crippen LogP contribution in [0, 0.1) is 5.92 Å². The molecule has 0 radical (unpaired) electrons. The number of hydrogen-bond donors (Lipinski definition) is 2. The number of carbonyl (C=O) groups excluding carboxylic acids is 1. The molecule has 1 saturated carbocycles. The first-order valence-corrected chi connectivity index (χ1v) is 9.57. The number of ether oxygens (including phenoxy) is 2. The van der Waals surface area contributed by atoms with E-state index in [2.05, 4.69) is 10.0 Å². The summed E-state index contributed by atoms with van der Waals surface area (Å²) >= 11 is 0. The summed E-state index contributed by atoms with van der Waals surface area (Å²) in [5, 5.41) is 2.74. The van der Waals surface area contributed by atoms with Gasteiger partial charge in [0.15, 0.2) is 0 Å². The molecule has 0 aliphatic heterocycles. The molecule has 1 amide bonds. The molecule has 1 aliphatic carbocycles. The van der Waals surface area contributed by atoms with E-state index in [-0.39, 0.29) is 16.7 Å². The Morgan fingerprint density at radius 1 is 1.00 bits per heavy atom. The minimum Gasteiger partial charge on any atom is -0.495 e. The van der Waals surface area contributed by atoms with E-state index in [1.807, 2.05) is 0 Å². The first kappa shape index (κ1) is 18.1. The highest BCUT2D eigenvalue weighted by molar-refractivity contribution is 7.92. The van der Waals surface area contributed by atoms with E-state index in [1.54, 1.807) is 24.3 Å². The lowest BCUT2D eigenvalue weighted by atomic mass is 10.2. The third-order valence-electron chi connectivity index (χ3n) is 4.04. The molecule has 26 heavy (non-hydrogen) atoms. The molecule has 3 rings (SSSR count). The predicted molar refractivity (Wildman–Crippen MR) is 98.2 cm³/mol. The summed E-state index contributed by atoms with van der Waals surface area (Å²) in [5.74, 6) is 0.671. The van der Waals surface area contributed by atoms with Gasteiger partial charge < -0.3 is 14.8 Å². The van der Waals surface area contributed by atoms with Crippen LogP contribution >= 0.6 is 0 Å². The van der Waals surface area contributed by atoms with Gasteiger partial charge in [0.05, 0.1) is 30.5 Å². The fraction of sp³-hybridized carbons (Fsp3) is 0.278. The van der Waals surface area contributed by atoms with Gasteiger partial charge in [-0.15, -0.1) is 0 Å². The summed E-state index contributed by atoms with van der Waals surface area (Å²) in [4.78, 5) is 12.0. The molecule has 2 N–H and O–H groups in total. The minimum atomic E-state index is -3.87. The second-order valence-electron chi connectivity index (χ2n) is 5.93. The van der Waals surface area contributed by atoms with Gasteiger partial charge in [-0.1, -0.05) is 12.1 Å². The number of anilines is 2. The van der Waals surface area contributed by atoms with Crippen molar-refractivity contribution in [2.75, 3.05) is 24.3 Å². The average Bonchev–Trinajstić information content (AvgIpc) is 3.47. The van der Waals surface area contributed by atoms with Crippen molar-refractivity contribution in [3.63, 3.8) is 0 Å². The fourth-order valence-corrected chi connectivity index (χ4v) is 3.56. The normalized spacial score (nSPS) is 13.8. The Kier molecular flexibility index (Phi) is 5.03. The van der Waals surface area contributed by atoms with Crippen LogP contribution in [0.3, 0.4) is 0 Å². The van der Waals surface area contributed by atoms with Crippen molar-refractivity contribution in [2.24, 2.45) is 5.92 Å². The minimum absolute atomic E-state index is 0.00771. The topological polar surface area (TPSA) is 93.7 Å². The third kappa shape index (κ3) is 3.91. The standard InChI is InChI=1S/C18H20N2O5S/c1-24-16-6-4-3-5-14(16)20-26(22,23)13-9-10-17(25-2)15(11-13)19-18(21)12-7-8-12/h3-6,9-12,20H,7-8H2,1-2H3,(H,19,21). The van der Waals surface area contributed by atoms with E-state index in [4.69, 9.17) is 9.47 Å². The van der Waals surface area contributed by atoms with Gasteiger partial charge in [-0.05, 0) is 43.2 Å². The van der Waals surface area contributed by atoms with Gasteiger partial charge in [-0.25, -0.2) is 8.42 Å². The summed E-state index contributed by atoms with van der Waals surface area (Å²) in [7, 11) is -0.945. The lowest BCUT2D eigenvalue weighted by molar-refractivity contribution is -0.117. The van der Waals surface area contributed by atoms with E-state index >= 15 is 0 Å². The highest BCUT2D eigenvalue weighted by Gasteiger charge is 2.30. The highest BCUT2D eigenvalue weighted by atomic mass is 32.2. The smallest absolute Gasteiger partial charge is 0.262 e. The molecule has 7 nitrogen and oxygen atoms in total. The zero-order valence-electron chi connectivity index (χ0n) is 14.5. The zero-order valence-corrected chi connectivity index (χ0v) is 15.3. The Morgan fingerprint density at radius 3 is 2.31 bits per heavy atom. The summed E-state index contributed by atoms with van der Waals surface area (Å²) in [6, 6.07) is 11.0. The maximum atomic E-state index is 12.7. The van der Waals surface area contributed by atoms with E-state index in [1.165, 1.54) is 32.4 Å². The average molecular weight is 376 g/mol. The molecular weight excluding hydrogens is 356 g/mol. The molecule has 2 aromatic rings. The maximum absolute atomic E-state index is 12.7. The molecule has 1 fully saturated rings. The molecule has 2 aromatic carbocycles. The van der Waals surface area contributed by atoms with Gasteiger partial charge in [-0.3, -0.25) is 9.52 Å². The Hall–Kier alpha value is -2.74.